The highest BCUT2D eigenvalue weighted by molar-refractivity contribution is 5.30. The van der Waals surface area contributed by atoms with Gasteiger partial charge < -0.3 is 0 Å². The van der Waals surface area contributed by atoms with Gasteiger partial charge in [-0.3, -0.25) is 0 Å². The van der Waals surface area contributed by atoms with Crippen molar-refractivity contribution in [1.82, 2.24) is 29.3 Å². The normalized spacial score (nSPS) is 11.8. The van der Waals surface area contributed by atoms with Crippen LogP contribution in [0, 0.1) is 41.5 Å². The van der Waals surface area contributed by atoms with Gasteiger partial charge in [-0.05, 0) is 96.8 Å². The zero-order valence-corrected chi connectivity index (χ0v) is 23.1. The number of aryl methyl sites for hydroxylation is 3. The van der Waals surface area contributed by atoms with Crippen LogP contribution in [0.25, 0.3) is 0 Å². The third-order valence-corrected chi connectivity index (χ3v) is 7.42. The van der Waals surface area contributed by atoms with E-state index < -0.39 is 0 Å². The molecule has 0 aliphatic heterocycles. The first-order valence-electron chi connectivity index (χ1n) is 13.4. The van der Waals surface area contributed by atoms with E-state index in [-0.39, 0.29) is 6.29 Å². The molecule has 0 aromatic carbocycles. The summed E-state index contributed by atoms with van der Waals surface area (Å²) in [5.74, 6) is 0. The minimum absolute atomic E-state index is 0.239. The number of hydrogen-bond donors (Lipinski definition) is 0. The number of hydrogen-bond acceptors (Lipinski definition) is 3. The quantitative estimate of drug-likeness (QED) is 0.298. The van der Waals surface area contributed by atoms with E-state index in [4.69, 9.17) is 15.3 Å². The van der Waals surface area contributed by atoms with Gasteiger partial charge in [0.25, 0.3) is 0 Å². The van der Waals surface area contributed by atoms with Crippen LogP contribution in [-0.2, 0) is 19.3 Å². The Morgan fingerprint density at radius 1 is 0.500 bits per heavy atom. The van der Waals surface area contributed by atoms with Crippen molar-refractivity contribution in [2.45, 2.75) is 126 Å². The molecule has 0 fully saturated rings. The van der Waals surface area contributed by atoms with Crippen LogP contribution in [0.1, 0.15) is 116 Å². The maximum atomic E-state index is 5.10. The largest absolute Gasteiger partial charge is 0.238 e. The zero-order valence-electron chi connectivity index (χ0n) is 23.1. The van der Waals surface area contributed by atoms with Gasteiger partial charge in [-0.25, -0.2) is 14.0 Å². The monoisotopic (exact) mass is 466 g/mol. The van der Waals surface area contributed by atoms with E-state index in [0.717, 1.165) is 36.3 Å². The van der Waals surface area contributed by atoms with Crippen molar-refractivity contribution in [2.75, 3.05) is 0 Å². The van der Waals surface area contributed by atoms with Crippen molar-refractivity contribution in [1.29, 1.82) is 0 Å². The van der Waals surface area contributed by atoms with Crippen LogP contribution in [0.5, 0.6) is 0 Å². The minimum atomic E-state index is -0.239. The van der Waals surface area contributed by atoms with E-state index in [0.29, 0.717) is 0 Å². The summed E-state index contributed by atoms with van der Waals surface area (Å²) in [6, 6.07) is 0. The highest BCUT2D eigenvalue weighted by atomic mass is 15.6. The Hall–Kier alpha value is -2.37. The fourth-order valence-electron chi connectivity index (χ4n) is 5.22. The van der Waals surface area contributed by atoms with Gasteiger partial charge in [0.05, 0.1) is 17.1 Å². The van der Waals surface area contributed by atoms with E-state index in [9.17, 15) is 0 Å². The molecule has 0 saturated carbocycles. The summed E-state index contributed by atoms with van der Waals surface area (Å²) in [6.07, 6.45) is 10.1. The number of rotatable bonds is 12. The fourth-order valence-corrected chi connectivity index (χ4v) is 5.22. The molecular weight excluding hydrogens is 420 g/mol. The van der Waals surface area contributed by atoms with Crippen molar-refractivity contribution in [2.24, 2.45) is 0 Å². The molecule has 34 heavy (non-hydrogen) atoms. The molecule has 0 atom stereocenters. The first-order chi connectivity index (χ1) is 16.3. The minimum Gasteiger partial charge on any atom is -0.224 e. The van der Waals surface area contributed by atoms with E-state index >= 15 is 0 Å². The second-order valence-corrected chi connectivity index (χ2v) is 9.94. The van der Waals surface area contributed by atoms with E-state index in [1.165, 1.54) is 72.3 Å². The average Bonchev–Trinajstić information content (AvgIpc) is 3.35. The van der Waals surface area contributed by atoms with E-state index in [1.807, 2.05) is 0 Å². The summed E-state index contributed by atoms with van der Waals surface area (Å²) in [5.41, 5.74) is 11.1. The van der Waals surface area contributed by atoms with Crippen molar-refractivity contribution in [3.05, 3.63) is 50.9 Å². The molecule has 3 aromatic rings. The highest BCUT2D eigenvalue weighted by Crippen LogP contribution is 2.28. The Balaban J connectivity index is 2.22. The second kappa shape index (κ2) is 11.4. The molecule has 188 valence electrons. The summed E-state index contributed by atoms with van der Waals surface area (Å²) in [4.78, 5) is 0. The molecule has 0 unspecified atom stereocenters. The van der Waals surface area contributed by atoms with Gasteiger partial charge >= 0.3 is 0 Å². The topological polar surface area (TPSA) is 53.5 Å². The van der Waals surface area contributed by atoms with Gasteiger partial charge in [-0.2, -0.15) is 15.3 Å². The Labute approximate surface area is 206 Å². The predicted molar refractivity (Wildman–Crippen MR) is 141 cm³/mol. The molecule has 3 aromatic heterocycles. The van der Waals surface area contributed by atoms with Gasteiger partial charge in [0, 0.05) is 17.1 Å². The van der Waals surface area contributed by atoms with Crippen molar-refractivity contribution < 1.29 is 0 Å². The number of aromatic nitrogens is 6. The first-order valence-corrected chi connectivity index (χ1v) is 13.4. The smallest absolute Gasteiger partial charge is 0.224 e. The van der Waals surface area contributed by atoms with Crippen LogP contribution < -0.4 is 0 Å². The van der Waals surface area contributed by atoms with Crippen LogP contribution in [0.2, 0.25) is 0 Å². The standard InChI is InChI=1S/C28H46N6/c1-10-13-16-25-19(4)29-32(22(25)7)28(33-23(8)26(17-14-11-2)20(5)30-33)34-24(9)27(18-15-12-3)21(6)31-34/h28H,10-18H2,1-9H3. The van der Waals surface area contributed by atoms with Gasteiger partial charge in [0.2, 0.25) is 6.29 Å². The van der Waals surface area contributed by atoms with Gasteiger partial charge in [-0.1, -0.05) is 40.0 Å². The molecule has 0 saturated heterocycles. The summed E-state index contributed by atoms with van der Waals surface area (Å²) >= 11 is 0. The lowest BCUT2D eigenvalue weighted by atomic mass is 10.1. The predicted octanol–water partition coefficient (Wildman–Crippen LogP) is 6.71. The average molecular weight is 467 g/mol. The molecule has 0 aliphatic rings. The number of unbranched alkanes of at least 4 members (excludes halogenated alkanes) is 3. The fraction of sp³-hybridized carbons (Fsp3) is 0.679. The molecule has 0 spiro atoms. The highest BCUT2D eigenvalue weighted by Gasteiger charge is 2.29. The van der Waals surface area contributed by atoms with Gasteiger partial charge in [-0.15, -0.1) is 0 Å². The zero-order chi connectivity index (χ0) is 25.0. The first kappa shape index (κ1) is 26.2. The maximum absolute atomic E-state index is 5.10. The van der Waals surface area contributed by atoms with Crippen LogP contribution in [0.4, 0.5) is 0 Å². The van der Waals surface area contributed by atoms with Crippen molar-refractivity contribution in [3.8, 4) is 0 Å². The third-order valence-electron chi connectivity index (χ3n) is 7.42. The lowest BCUT2D eigenvalue weighted by Crippen LogP contribution is -2.31. The SMILES string of the molecule is CCCCc1c(C)nn(C(n2nc(C)c(CCCC)c2C)n2nc(C)c(CCCC)c2C)c1C. The summed E-state index contributed by atoms with van der Waals surface area (Å²) in [7, 11) is 0. The van der Waals surface area contributed by atoms with Crippen LogP contribution in [-0.4, -0.2) is 29.3 Å². The lowest BCUT2D eigenvalue weighted by molar-refractivity contribution is 0.268. The third kappa shape index (κ3) is 5.01. The maximum Gasteiger partial charge on any atom is 0.238 e. The molecule has 0 bridgehead atoms. The lowest BCUT2D eigenvalue weighted by Gasteiger charge is -2.24. The Morgan fingerprint density at radius 3 is 1.00 bits per heavy atom. The van der Waals surface area contributed by atoms with Crippen LogP contribution >= 0.6 is 0 Å². The number of nitrogens with zero attached hydrogens (tertiary/aromatic N) is 6. The summed E-state index contributed by atoms with van der Waals surface area (Å²) < 4.78 is 6.52. The van der Waals surface area contributed by atoms with Crippen molar-refractivity contribution >= 4 is 0 Å². The molecule has 3 heterocycles. The summed E-state index contributed by atoms with van der Waals surface area (Å²) in [5, 5.41) is 15.3. The van der Waals surface area contributed by atoms with E-state index in [1.54, 1.807) is 0 Å². The van der Waals surface area contributed by atoms with Crippen molar-refractivity contribution in [3.63, 3.8) is 0 Å². The van der Waals surface area contributed by atoms with Crippen LogP contribution in [0.15, 0.2) is 0 Å². The van der Waals surface area contributed by atoms with E-state index in [2.05, 4.69) is 76.4 Å². The molecular formula is C28H46N6. The molecule has 0 amide bonds. The molecule has 6 nitrogen and oxygen atoms in total. The molecule has 3 rings (SSSR count). The molecule has 0 radical (unpaired) electrons. The molecule has 0 aliphatic carbocycles. The Bertz CT molecular complexity index is 959. The van der Waals surface area contributed by atoms with Gasteiger partial charge in [0.15, 0.2) is 0 Å². The molecule has 6 heteroatoms. The Kier molecular flexibility index (Phi) is 8.78. The molecule has 0 N–H and O–H groups in total. The van der Waals surface area contributed by atoms with Crippen LogP contribution in [0.3, 0.4) is 0 Å². The Morgan fingerprint density at radius 2 is 0.765 bits per heavy atom. The summed E-state index contributed by atoms with van der Waals surface area (Å²) in [6.45, 7) is 19.8. The second-order valence-electron chi connectivity index (χ2n) is 9.94. The van der Waals surface area contributed by atoms with Gasteiger partial charge in [0.1, 0.15) is 0 Å².